The molecule has 1 aromatic heterocycles. The Kier molecular flexibility index (Phi) is 9.26. The predicted octanol–water partition coefficient (Wildman–Crippen LogP) is 5.24. The molecule has 2 N–H and O–H groups in total. The van der Waals surface area contributed by atoms with Crippen LogP contribution in [0.15, 0.2) is 58.5 Å². The summed E-state index contributed by atoms with van der Waals surface area (Å²) in [6.45, 7) is 8.76. The SMILES string of the molecule is CC(C)OC(=O)Nc1ccc(-c2ncc(-c3ccc(C(=O)/N=C/N(C)C)cc3S(=O)(=O)NC(C)(C)C)s2)cc1. The van der Waals surface area contributed by atoms with Gasteiger partial charge in [0.1, 0.15) is 5.01 Å². The molecule has 3 aromatic rings. The van der Waals surface area contributed by atoms with E-state index in [-0.39, 0.29) is 16.6 Å². The van der Waals surface area contributed by atoms with Gasteiger partial charge >= 0.3 is 6.09 Å². The Morgan fingerprint density at radius 2 is 1.77 bits per heavy atom. The van der Waals surface area contributed by atoms with E-state index in [1.54, 1.807) is 96.2 Å². The molecule has 0 bridgehead atoms. The molecule has 0 unspecified atom stereocenters. The van der Waals surface area contributed by atoms with Crippen molar-refractivity contribution in [1.29, 1.82) is 0 Å². The molecule has 0 radical (unpaired) electrons. The molecule has 2 amide bonds. The quantitative estimate of drug-likeness (QED) is 0.279. The summed E-state index contributed by atoms with van der Waals surface area (Å²) in [6.07, 6.45) is 2.19. The van der Waals surface area contributed by atoms with Gasteiger partial charge in [-0.15, -0.1) is 11.3 Å². The molecule has 0 fully saturated rings. The third-order valence-electron chi connectivity index (χ3n) is 4.86. The summed E-state index contributed by atoms with van der Waals surface area (Å²) >= 11 is 1.31. The van der Waals surface area contributed by atoms with Crippen LogP contribution in [0.2, 0.25) is 0 Å². The standard InChI is InChI=1S/C27H33N5O5S2/c1-17(2)37-26(34)30-20-11-8-18(9-12-20)25-28-15-22(38-25)21-13-10-19(24(33)29-16-32(6)7)14-23(21)39(35,36)31-27(3,4)5/h8-17,31H,1-7H3,(H,30,34)/b29-16+. The van der Waals surface area contributed by atoms with Gasteiger partial charge in [0.2, 0.25) is 10.0 Å². The van der Waals surface area contributed by atoms with E-state index >= 15 is 0 Å². The van der Waals surface area contributed by atoms with Crippen LogP contribution in [0.4, 0.5) is 10.5 Å². The van der Waals surface area contributed by atoms with Crippen LogP contribution in [0.1, 0.15) is 45.0 Å². The van der Waals surface area contributed by atoms with Crippen molar-refractivity contribution in [2.45, 2.75) is 51.2 Å². The highest BCUT2D eigenvalue weighted by Crippen LogP contribution is 2.36. The molecule has 2 aromatic carbocycles. The topological polar surface area (TPSA) is 130 Å². The molecule has 3 rings (SSSR count). The Morgan fingerprint density at radius 3 is 2.36 bits per heavy atom. The molecule has 0 saturated heterocycles. The van der Waals surface area contributed by atoms with Crippen molar-refractivity contribution in [3.8, 4) is 21.0 Å². The third-order valence-corrected chi connectivity index (χ3v) is 7.73. The van der Waals surface area contributed by atoms with Gasteiger partial charge in [0.25, 0.3) is 5.91 Å². The maximum Gasteiger partial charge on any atom is 0.411 e. The molecular weight excluding hydrogens is 538 g/mol. The molecule has 0 aliphatic carbocycles. The lowest BCUT2D eigenvalue weighted by Crippen LogP contribution is -2.40. The lowest BCUT2D eigenvalue weighted by Gasteiger charge is -2.21. The number of carbonyl (C=O) groups is 2. The van der Waals surface area contributed by atoms with Crippen LogP contribution >= 0.6 is 11.3 Å². The first kappa shape index (κ1) is 29.9. The van der Waals surface area contributed by atoms with E-state index < -0.39 is 27.6 Å². The second kappa shape index (κ2) is 12.1. The Labute approximate surface area is 233 Å². The van der Waals surface area contributed by atoms with Gasteiger partial charge in [-0.25, -0.2) is 22.9 Å². The lowest BCUT2D eigenvalue weighted by molar-refractivity contribution is 0.100. The summed E-state index contributed by atoms with van der Waals surface area (Å²) in [5.74, 6) is -0.557. The van der Waals surface area contributed by atoms with E-state index in [1.807, 2.05) is 0 Å². The molecule has 0 aliphatic rings. The average molecular weight is 572 g/mol. The summed E-state index contributed by atoms with van der Waals surface area (Å²) < 4.78 is 34.6. The van der Waals surface area contributed by atoms with Crippen molar-refractivity contribution in [3.63, 3.8) is 0 Å². The summed E-state index contributed by atoms with van der Waals surface area (Å²) in [5, 5.41) is 3.32. The fourth-order valence-electron chi connectivity index (χ4n) is 3.37. The van der Waals surface area contributed by atoms with Crippen molar-refractivity contribution < 1.29 is 22.7 Å². The van der Waals surface area contributed by atoms with Crippen LogP contribution in [0.3, 0.4) is 0 Å². The molecule has 0 aliphatic heterocycles. The second-order valence-electron chi connectivity index (χ2n) is 10.3. The van der Waals surface area contributed by atoms with Gasteiger partial charge in [-0.1, -0.05) is 6.07 Å². The van der Waals surface area contributed by atoms with Crippen LogP contribution in [-0.4, -0.2) is 62.4 Å². The summed E-state index contributed by atoms with van der Waals surface area (Å²) in [7, 11) is -0.540. The maximum absolute atomic E-state index is 13.4. The first-order valence-electron chi connectivity index (χ1n) is 12.1. The number of hydrogen-bond acceptors (Lipinski definition) is 7. The van der Waals surface area contributed by atoms with E-state index in [0.717, 1.165) is 5.56 Å². The summed E-state index contributed by atoms with van der Waals surface area (Å²) in [4.78, 5) is 35.0. The number of hydrogen-bond donors (Lipinski definition) is 2. The Bertz CT molecular complexity index is 1470. The van der Waals surface area contributed by atoms with Gasteiger partial charge in [0.15, 0.2) is 0 Å². The van der Waals surface area contributed by atoms with Gasteiger partial charge in [0.05, 0.1) is 22.2 Å². The number of ether oxygens (including phenoxy) is 1. The minimum atomic E-state index is -4.00. The maximum atomic E-state index is 13.4. The zero-order valence-corrected chi connectivity index (χ0v) is 24.6. The van der Waals surface area contributed by atoms with Gasteiger partial charge in [-0.05, 0) is 71.0 Å². The van der Waals surface area contributed by atoms with Crippen LogP contribution in [0.5, 0.6) is 0 Å². The van der Waals surface area contributed by atoms with Crippen LogP contribution in [0.25, 0.3) is 21.0 Å². The van der Waals surface area contributed by atoms with Gasteiger partial charge in [-0.3, -0.25) is 10.1 Å². The van der Waals surface area contributed by atoms with E-state index in [2.05, 4.69) is 20.0 Å². The molecule has 0 saturated carbocycles. The molecule has 208 valence electrons. The lowest BCUT2D eigenvalue weighted by atomic mass is 10.1. The summed E-state index contributed by atoms with van der Waals surface area (Å²) in [5.41, 5.74) is 1.18. The number of benzene rings is 2. The molecule has 12 heteroatoms. The van der Waals surface area contributed by atoms with E-state index in [4.69, 9.17) is 4.74 Å². The third kappa shape index (κ3) is 8.44. The molecular formula is C27H33N5O5S2. The largest absolute Gasteiger partial charge is 0.447 e. The fraction of sp³-hybridized carbons (Fsp3) is 0.333. The Hall–Kier alpha value is -3.61. The highest BCUT2D eigenvalue weighted by atomic mass is 32.2. The van der Waals surface area contributed by atoms with Crippen molar-refractivity contribution in [1.82, 2.24) is 14.6 Å². The zero-order chi connectivity index (χ0) is 29.0. The van der Waals surface area contributed by atoms with Crippen LogP contribution < -0.4 is 10.0 Å². The zero-order valence-electron chi connectivity index (χ0n) is 23.0. The number of aromatic nitrogens is 1. The minimum Gasteiger partial charge on any atom is -0.447 e. The second-order valence-corrected chi connectivity index (χ2v) is 12.9. The van der Waals surface area contributed by atoms with Crippen molar-refractivity contribution in [2.24, 2.45) is 4.99 Å². The van der Waals surface area contributed by atoms with Gasteiger partial charge in [-0.2, -0.15) is 4.99 Å². The molecule has 39 heavy (non-hydrogen) atoms. The number of carbonyl (C=O) groups excluding carboxylic acids is 2. The number of nitrogens with zero attached hydrogens (tertiary/aromatic N) is 3. The number of thiazole rings is 1. The van der Waals surface area contributed by atoms with Crippen LogP contribution in [0, 0.1) is 0 Å². The first-order chi connectivity index (χ1) is 18.1. The Morgan fingerprint density at radius 1 is 1.10 bits per heavy atom. The molecule has 0 atom stereocenters. The van der Waals surface area contributed by atoms with Gasteiger partial charge in [0, 0.05) is 48.2 Å². The smallest absolute Gasteiger partial charge is 0.411 e. The highest BCUT2D eigenvalue weighted by molar-refractivity contribution is 7.89. The predicted molar refractivity (Wildman–Crippen MR) is 155 cm³/mol. The monoisotopic (exact) mass is 571 g/mol. The normalized spacial score (nSPS) is 12.1. The number of anilines is 1. The number of rotatable bonds is 8. The minimum absolute atomic E-state index is 0.0401. The molecule has 0 spiro atoms. The fourth-order valence-corrected chi connectivity index (χ4v) is 6.06. The first-order valence-corrected chi connectivity index (χ1v) is 14.4. The number of sulfonamides is 1. The number of aliphatic imine (C=N–C) groups is 1. The summed E-state index contributed by atoms with van der Waals surface area (Å²) in [6, 6.07) is 11.6. The average Bonchev–Trinajstić information content (AvgIpc) is 3.30. The number of nitrogens with one attached hydrogen (secondary N) is 2. The van der Waals surface area contributed by atoms with E-state index in [0.29, 0.717) is 21.1 Å². The van der Waals surface area contributed by atoms with Crippen molar-refractivity contribution >= 4 is 45.4 Å². The Balaban J connectivity index is 1.97. The van der Waals surface area contributed by atoms with Crippen LogP contribution in [-0.2, 0) is 14.8 Å². The van der Waals surface area contributed by atoms with E-state index in [1.165, 1.54) is 23.7 Å². The molecule has 1 heterocycles. The highest BCUT2D eigenvalue weighted by Gasteiger charge is 2.27. The number of amides is 2. The van der Waals surface area contributed by atoms with E-state index in [9.17, 15) is 18.0 Å². The van der Waals surface area contributed by atoms with Crippen molar-refractivity contribution in [3.05, 3.63) is 54.2 Å². The molecule has 10 nitrogen and oxygen atoms in total. The van der Waals surface area contributed by atoms with Gasteiger partial charge < -0.3 is 9.64 Å². The van der Waals surface area contributed by atoms with Crippen molar-refractivity contribution in [2.75, 3.05) is 19.4 Å².